The van der Waals surface area contributed by atoms with Gasteiger partial charge in [0.15, 0.2) is 6.61 Å². The molecule has 1 aliphatic heterocycles. The third-order valence-corrected chi connectivity index (χ3v) is 4.34. The normalized spacial score (nSPS) is 17.8. The molecule has 0 spiro atoms. The zero-order valence-electron chi connectivity index (χ0n) is 12.6. The van der Waals surface area contributed by atoms with E-state index in [1.807, 2.05) is 47.5 Å². The molecule has 6 heteroatoms. The monoisotopic (exact) mass is 375 g/mol. The van der Waals surface area contributed by atoms with Gasteiger partial charge < -0.3 is 15.0 Å². The predicted octanol–water partition coefficient (Wildman–Crippen LogP) is 2.40. The van der Waals surface area contributed by atoms with E-state index < -0.39 is 0 Å². The molecule has 5 nitrogen and oxygen atoms in total. The smallest absolute Gasteiger partial charge is 0.261 e. The maximum absolute atomic E-state index is 12.6. The van der Waals surface area contributed by atoms with Crippen LogP contribution in [0.4, 0.5) is 0 Å². The number of ether oxygens (including phenoxy) is 1. The van der Waals surface area contributed by atoms with Crippen LogP contribution in [0.2, 0.25) is 0 Å². The Morgan fingerprint density at radius 3 is 2.91 bits per heavy atom. The van der Waals surface area contributed by atoms with E-state index >= 15 is 0 Å². The van der Waals surface area contributed by atoms with Crippen molar-refractivity contribution >= 4 is 21.8 Å². The highest BCUT2D eigenvalue weighted by molar-refractivity contribution is 9.10. The number of nitrogens with zero attached hydrogens (tertiary/aromatic N) is 2. The second-order valence-electron chi connectivity index (χ2n) is 5.34. The van der Waals surface area contributed by atoms with Gasteiger partial charge in [0.25, 0.3) is 5.91 Å². The Balaban J connectivity index is 1.65. The zero-order valence-corrected chi connectivity index (χ0v) is 14.2. The Morgan fingerprint density at radius 2 is 2.17 bits per heavy atom. The summed E-state index contributed by atoms with van der Waals surface area (Å²) in [5.74, 6) is 0.679. The summed E-state index contributed by atoms with van der Waals surface area (Å²) < 4.78 is 6.59. The molecule has 0 radical (unpaired) electrons. The number of halogens is 1. The number of carbonyl (C=O) groups is 1. The molecular formula is C17H18BrN3O2. The van der Waals surface area contributed by atoms with E-state index in [9.17, 15) is 4.79 Å². The number of amides is 1. The molecule has 1 saturated heterocycles. The SMILES string of the molecule is O=C(COc1ccc(Br)cc1)N1CCNCC1c1cccnc1. The third-order valence-electron chi connectivity index (χ3n) is 3.81. The molecule has 0 aliphatic carbocycles. The van der Waals surface area contributed by atoms with Gasteiger partial charge in [0.2, 0.25) is 0 Å². The molecule has 23 heavy (non-hydrogen) atoms. The Hall–Kier alpha value is -1.92. The van der Waals surface area contributed by atoms with Crippen molar-refractivity contribution < 1.29 is 9.53 Å². The molecule has 1 aromatic heterocycles. The fourth-order valence-corrected chi connectivity index (χ4v) is 2.90. The van der Waals surface area contributed by atoms with Gasteiger partial charge in [-0.2, -0.15) is 0 Å². The second-order valence-corrected chi connectivity index (χ2v) is 6.25. The largest absolute Gasteiger partial charge is 0.484 e. The molecule has 3 rings (SSSR count). The Bertz CT molecular complexity index is 649. The second kappa shape index (κ2) is 7.57. The first-order valence-corrected chi connectivity index (χ1v) is 8.32. The summed E-state index contributed by atoms with van der Waals surface area (Å²) in [5.41, 5.74) is 1.04. The number of piperazine rings is 1. The van der Waals surface area contributed by atoms with Gasteiger partial charge in [-0.15, -0.1) is 0 Å². The predicted molar refractivity (Wildman–Crippen MR) is 91.2 cm³/mol. The highest BCUT2D eigenvalue weighted by Gasteiger charge is 2.28. The third kappa shape index (κ3) is 4.09. The van der Waals surface area contributed by atoms with Gasteiger partial charge in [-0.25, -0.2) is 0 Å². The van der Waals surface area contributed by atoms with Gasteiger partial charge in [-0.05, 0) is 35.9 Å². The van der Waals surface area contributed by atoms with Gasteiger partial charge >= 0.3 is 0 Å². The van der Waals surface area contributed by atoms with Crippen molar-refractivity contribution in [1.82, 2.24) is 15.2 Å². The molecule has 1 amide bonds. The summed E-state index contributed by atoms with van der Waals surface area (Å²) in [7, 11) is 0. The number of aromatic nitrogens is 1. The van der Waals surface area contributed by atoms with Gasteiger partial charge in [0.05, 0.1) is 6.04 Å². The average molecular weight is 376 g/mol. The highest BCUT2D eigenvalue weighted by atomic mass is 79.9. The molecule has 2 aromatic rings. The number of rotatable bonds is 4. The molecule has 2 heterocycles. The molecule has 1 unspecified atom stereocenters. The summed E-state index contributed by atoms with van der Waals surface area (Å²) in [5, 5.41) is 3.33. The summed E-state index contributed by atoms with van der Waals surface area (Å²) in [6, 6.07) is 11.4. The van der Waals surface area contributed by atoms with Crippen LogP contribution >= 0.6 is 15.9 Å². The molecule has 1 N–H and O–H groups in total. The Kier molecular flexibility index (Phi) is 5.25. The van der Waals surface area contributed by atoms with Crippen molar-refractivity contribution in [2.75, 3.05) is 26.2 Å². The lowest BCUT2D eigenvalue weighted by atomic mass is 10.1. The topological polar surface area (TPSA) is 54.5 Å². The number of pyridine rings is 1. The van der Waals surface area contributed by atoms with E-state index in [0.29, 0.717) is 12.3 Å². The molecule has 1 aromatic carbocycles. The zero-order chi connectivity index (χ0) is 16.1. The minimum absolute atomic E-state index is 0.00142. The summed E-state index contributed by atoms with van der Waals surface area (Å²) in [6.07, 6.45) is 3.55. The van der Waals surface area contributed by atoms with Crippen molar-refractivity contribution in [2.24, 2.45) is 0 Å². The fraction of sp³-hybridized carbons (Fsp3) is 0.294. The number of carbonyl (C=O) groups excluding carboxylic acids is 1. The maximum atomic E-state index is 12.6. The minimum Gasteiger partial charge on any atom is -0.484 e. The van der Waals surface area contributed by atoms with Gasteiger partial charge in [0, 0.05) is 36.5 Å². The van der Waals surface area contributed by atoms with Crippen LogP contribution in [0.1, 0.15) is 11.6 Å². The van der Waals surface area contributed by atoms with Crippen LogP contribution in [0.25, 0.3) is 0 Å². The molecular weight excluding hydrogens is 358 g/mol. The first-order chi connectivity index (χ1) is 11.2. The lowest BCUT2D eigenvalue weighted by molar-refractivity contribution is -0.136. The van der Waals surface area contributed by atoms with E-state index in [1.165, 1.54) is 0 Å². The Morgan fingerprint density at radius 1 is 1.35 bits per heavy atom. The van der Waals surface area contributed by atoms with Crippen molar-refractivity contribution in [3.8, 4) is 5.75 Å². The Labute approximate surface area is 143 Å². The van der Waals surface area contributed by atoms with E-state index in [2.05, 4.69) is 26.2 Å². The average Bonchev–Trinajstić information content (AvgIpc) is 2.62. The van der Waals surface area contributed by atoms with E-state index in [-0.39, 0.29) is 18.6 Å². The molecule has 1 atom stereocenters. The van der Waals surface area contributed by atoms with Crippen molar-refractivity contribution in [3.05, 3.63) is 58.8 Å². The van der Waals surface area contributed by atoms with Crippen LogP contribution in [0.3, 0.4) is 0 Å². The standard InChI is InChI=1S/C17H18BrN3O2/c18-14-3-5-15(6-4-14)23-12-17(22)21-9-8-20-11-16(21)13-2-1-7-19-10-13/h1-7,10,16,20H,8-9,11-12H2. The fourth-order valence-electron chi connectivity index (χ4n) is 2.63. The maximum Gasteiger partial charge on any atom is 0.261 e. The molecule has 1 fully saturated rings. The van der Waals surface area contributed by atoms with Crippen molar-refractivity contribution in [3.63, 3.8) is 0 Å². The number of hydrogen-bond acceptors (Lipinski definition) is 4. The summed E-state index contributed by atoms with van der Waals surface area (Å²) >= 11 is 3.38. The van der Waals surface area contributed by atoms with Crippen LogP contribution in [0.15, 0.2) is 53.3 Å². The van der Waals surface area contributed by atoms with Crippen LogP contribution in [0, 0.1) is 0 Å². The molecule has 0 bridgehead atoms. The van der Waals surface area contributed by atoms with Gasteiger partial charge in [-0.1, -0.05) is 22.0 Å². The van der Waals surface area contributed by atoms with Crippen LogP contribution in [-0.4, -0.2) is 42.0 Å². The summed E-state index contributed by atoms with van der Waals surface area (Å²) in [6.45, 7) is 2.23. The van der Waals surface area contributed by atoms with Gasteiger partial charge in [0.1, 0.15) is 5.75 Å². The molecule has 1 aliphatic rings. The van der Waals surface area contributed by atoms with Crippen LogP contribution in [-0.2, 0) is 4.79 Å². The van der Waals surface area contributed by atoms with E-state index in [1.54, 1.807) is 6.20 Å². The number of nitrogens with one attached hydrogen (secondary N) is 1. The van der Waals surface area contributed by atoms with Gasteiger partial charge in [-0.3, -0.25) is 9.78 Å². The van der Waals surface area contributed by atoms with Crippen LogP contribution in [0.5, 0.6) is 5.75 Å². The first kappa shape index (κ1) is 16.0. The first-order valence-electron chi connectivity index (χ1n) is 7.52. The quantitative estimate of drug-likeness (QED) is 0.891. The highest BCUT2D eigenvalue weighted by Crippen LogP contribution is 2.22. The van der Waals surface area contributed by atoms with Crippen molar-refractivity contribution in [2.45, 2.75) is 6.04 Å². The minimum atomic E-state index is -0.0109. The van der Waals surface area contributed by atoms with E-state index in [4.69, 9.17) is 4.74 Å². The molecule has 0 saturated carbocycles. The van der Waals surface area contributed by atoms with Crippen molar-refractivity contribution in [1.29, 1.82) is 0 Å². The van der Waals surface area contributed by atoms with Crippen LogP contribution < -0.4 is 10.1 Å². The lowest BCUT2D eigenvalue weighted by Crippen LogP contribution is -2.50. The molecule has 120 valence electrons. The number of benzene rings is 1. The lowest BCUT2D eigenvalue weighted by Gasteiger charge is -2.36. The van der Waals surface area contributed by atoms with E-state index in [0.717, 1.165) is 23.1 Å². The number of hydrogen-bond donors (Lipinski definition) is 1. The summed E-state index contributed by atoms with van der Waals surface area (Å²) in [4.78, 5) is 18.6.